The molecule has 3 rings (SSSR count). The van der Waals surface area contributed by atoms with E-state index in [-0.39, 0.29) is 13.0 Å². The van der Waals surface area contributed by atoms with Crippen LogP contribution < -0.4 is 5.32 Å². The molecular weight excluding hydrogens is 394 g/mol. The van der Waals surface area contributed by atoms with Gasteiger partial charge in [-0.25, -0.2) is 4.79 Å². The molecule has 1 aromatic rings. The number of ether oxygens (including phenoxy) is 4. The van der Waals surface area contributed by atoms with Crippen molar-refractivity contribution in [1.82, 2.24) is 5.32 Å². The van der Waals surface area contributed by atoms with Crippen LogP contribution in [-0.4, -0.2) is 70.7 Å². The Balaban J connectivity index is 2.00. The fraction of sp³-hybridized carbons (Fsp3) is 0.619. The number of carboxylic acids is 1. The summed E-state index contributed by atoms with van der Waals surface area (Å²) < 4.78 is 23.5. The SMILES string of the molecule is CC(=O)N[C@@H]1[C@@H](OC(C)C(=O)O)[C@@H]2OC(C)(C)OC[C@H]2O[C@@]1(O)Cc1ccccc1. The molecule has 1 unspecified atom stereocenters. The summed E-state index contributed by atoms with van der Waals surface area (Å²) >= 11 is 0. The summed E-state index contributed by atoms with van der Waals surface area (Å²) in [5, 5.41) is 23.6. The summed E-state index contributed by atoms with van der Waals surface area (Å²) in [5.74, 6) is -4.42. The lowest BCUT2D eigenvalue weighted by atomic mass is 9.85. The van der Waals surface area contributed by atoms with Crippen molar-refractivity contribution in [2.45, 2.75) is 76.1 Å². The van der Waals surface area contributed by atoms with Gasteiger partial charge in [0.05, 0.1) is 6.61 Å². The second kappa shape index (κ2) is 8.60. The Morgan fingerprint density at radius 2 is 1.93 bits per heavy atom. The molecule has 2 aliphatic heterocycles. The van der Waals surface area contributed by atoms with Gasteiger partial charge in [0, 0.05) is 13.3 Å². The van der Waals surface area contributed by atoms with E-state index in [1.54, 1.807) is 13.8 Å². The van der Waals surface area contributed by atoms with Gasteiger partial charge in [0.1, 0.15) is 24.4 Å². The van der Waals surface area contributed by atoms with Crippen LogP contribution in [0.25, 0.3) is 0 Å². The third kappa shape index (κ3) is 4.98. The van der Waals surface area contributed by atoms with Gasteiger partial charge in [-0.15, -0.1) is 0 Å². The van der Waals surface area contributed by atoms with E-state index in [1.165, 1.54) is 13.8 Å². The highest BCUT2D eigenvalue weighted by Gasteiger charge is 2.58. The molecule has 2 aliphatic rings. The number of carbonyl (C=O) groups excluding carboxylic acids is 1. The summed E-state index contributed by atoms with van der Waals surface area (Å²) in [5.41, 5.74) is 0.775. The maximum atomic E-state index is 12.0. The largest absolute Gasteiger partial charge is 0.479 e. The van der Waals surface area contributed by atoms with E-state index >= 15 is 0 Å². The molecule has 6 atom stereocenters. The Morgan fingerprint density at radius 1 is 1.27 bits per heavy atom. The Bertz CT molecular complexity index is 770. The number of aliphatic carboxylic acids is 1. The first-order valence-corrected chi connectivity index (χ1v) is 9.92. The Morgan fingerprint density at radius 3 is 2.53 bits per heavy atom. The molecule has 2 fully saturated rings. The Labute approximate surface area is 175 Å². The number of nitrogens with one attached hydrogen (secondary N) is 1. The summed E-state index contributed by atoms with van der Waals surface area (Å²) in [6, 6.07) is 8.08. The third-order valence-electron chi connectivity index (χ3n) is 5.24. The molecule has 0 radical (unpaired) electrons. The van der Waals surface area contributed by atoms with E-state index in [1.807, 2.05) is 30.3 Å². The van der Waals surface area contributed by atoms with Crippen molar-refractivity contribution in [1.29, 1.82) is 0 Å². The van der Waals surface area contributed by atoms with Gasteiger partial charge in [0.25, 0.3) is 0 Å². The Hall–Kier alpha value is -2.04. The number of carboxylic acid groups (broad SMARTS) is 1. The molecule has 2 heterocycles. The van der Waals surface area contributed by atoms with Crippen LogP contribution in [0, 0.1) is 0 Å². The lowest BCUT2D eigenvalue weighted by molar-refractivity contribution is -0.395. The van der Waals surface area contributed by atoms with Crippen LogP contribution in [0.4, 0.5) is 0 Å². The zero-order valence-electron chi connectivity index (χ0n) is 17.5. The number of amides is 1. The monoisotopic (exact) mass is 423 g/mol. The van der Waals surface area contributed by atoms with Gasteiger partial charge in [-0.3, -0.25) is 4.79 Å². The predicted octanol–water partition coefficient (Wildman–Crippen LogP) is 0.831. The number of fused-ring (bicyclic) bond motifs is 1. The minimum atomic E-state index is -1.87. The molecule has 1 amide bonds. The van der Waals surface area contributed by atoms with Crippen molar-refractivity contribution < 1.29 is 38.7 Å². The topological polar surface area (TPSA) is 124 Å². The normalized spacial score (nSPS) is 33.9. The molecule has 9 heteroatoms. The average Bonchev–Trinajstić information content (AvgIpc) is 2.65. The van der Waals surface area contributed by atoms with E-state index in [4.69, 9.17) is 18.9 Å². The smallest absolute Gasteiger partial charge is 0.332 e. The van der Waals surface area contributed by atoms with E-state index in [0.29, 0.717) is 0 Å². The van der Waals surface area contributed by atoms with Gasteiger partial charge in [0.15, 0.2) is 17.7 Å². The van der Waals surface area contributed by atoms with Gasteiger partial charge in [0.2, 0.25) is 5.91 Å². The molecule has 1 aromatic carbocycles. The highest BCUT2D eigenvalue weighted by atomic mass is 16.8. The van der Waals surface area contributed by atoms with Crippen LogP contribution >= 0.6 is 0 Å². The predicted molar refractivity (Wildman–Crippen MR) is 104 cm³/mol. The van der Waals surface area contributed by atoms with Crippen LogP contribution in [0.3, 0.4) is 0 Å². The van der Waals surface area contributed by atoms with Crippen molar-refractivity contribution in [3.8, 4) is 0 Å². The summed E-state index contributed by atoms with van der Waals surface area (Å²) in [6.07, 6.45) is -3.62. The quantitative estimate of drug-likeness (QED) is 0.615. The van der Waals surface area contributed by atoms with E-state index < -0.39 is 53.9 Å². The molecule has 0 spiro atoms. The number of rotatable bonds is 6. The maximum absolute atomic E-state index is 12.0. The Kier molecular flexibility index (Phi) is 6.49. The molecule has 0 aliphatic carbocycles. The van der Waals surface area contributed by atoms with Crippen LogP contribution in [-0.2, 0) is 35.0 Å². The van der Waals surface area contributed by atoms with Gasteiger partial charge >= 0.3 is 5.97 Å². The highest BCUT2D eigenvalue weighted by Crippen LogP contribution is 2.39. The van der Waals surface area contributed by atoms with E-state index in [0.717, 1.165) is 5.56 Å². The number of hydrogen-bond donors (Lipinski definition) is 3. The second-order valence-electron chi connectivity index (χ2n) is 8.22. The van der Waals surface area contributed by atoms with Crippen molar-refractivity contribution in [3.05, 3.63) is 35.9 Å². The lowest BCUT2D eigenvalue weighted by Crippen LogP contribution is -2.74. The fourth-order valence-corrected chi connectivity index (χ4v) is 3.88. The number of carbonyl (C=O) groups is 2. The molecule has 2 saturated heterocycles. The van der Waals surface area contributed by atoms with E-state index in [2.05, 4.69) is 5.32 Å². The molecule has 3 N–H and O–H groups in total. The molecule has 0 saturated carbocycles. The molecule has 166 valence electrons. The number of benzene rings is 1. The molecular formula is C21H29NO8. The molecule has 9 nitrogen and oxygen atoms in total. The van der Waals surface area contributed by atoms with Crippen LogP contribution in [0.1, 0.15) is 33.3 Å². The number of aliphatic hydroxyl groups is 1. The third-order valence-corrected chi connectivity index (χ3v) is 5.24. The first-order valence-electron chi connectivity index (χ1n) is 9.92. The van der Waals surface area contributed by atoms with Gasteiger partial charge in [-0.1, -0.05) is 30.3 Å². The van der Waals surface area contributed by atoms with Gasteiger partial charge in [-0.2, -0.15) is 0 Å². The highest BCUT2D eigenvalue weighted by molar-refractivity contribution is 5.73. The minimum Gasteiger partial charge on any atom is -0.479 e. The standard InChI is InChI=1S/C21H29NO8/c1-12(19(24)25)28-17-16-15(11-27-20(3,4)30-16)29-21(26,18(17)22-13(2)23)10-14-8-6-5-7-9-14/h5-9,12,15-18,26H,10-11H2,1-4H3,(H,22,23)(H,24,25)/t12?,15-,16-,17+,18-,21+/m1/s1. The lowest BCUT2D eigenvalue weighted by Gasteiger charge is -2.54. The first-order chi connectivity index (χ1) is 14.0. The zero-order valence-corrected chi connectivity index (χ0v) is 17.5. The van der Waals surface area contributed by atoms with Crippen molar-refractivity contribution in [2.75, 3.05) is 6.61 Å². The minimum absolute atomic E-state index is 0.0483. The number of hydrogen-bond acceptors (Lipinski definition) is 7. The van der Waals surface area contributed by atoms with Gasteiger partial charge in [-0.05, 0) is 26.3 Å². The summed E-state index contributed by atoms with van der Waals surface area (Å²) in [4.78, 5) is 23.5. The first kappa shape index (κ1) is 22.6. The zero-order chi connectivity index (χ0) is 22.1. The molecule has 30 heavy (non-hydrogen) atoms. The van der Waals surface area contributed by atoms with Crippen molar-refractivity contribution in [3.63, 3.8) is 0 Å². The molecule has 0 aromatic heterocycles. The van der Waals surface area contributed by atoms with Crippen molar-refractivity contribution >= 4 is 11.9 Å². The average molecular weight is 423 g/mol. The fourth-order valence-electron chi connectivity index (χ4n) is 3.88. The van der Waals surface area contributed by atoms with Crippen LogP contribution in [0.15, 0.2) is 30.3 Å². The van der Waals surface area contributed by atoms with Crippen LogP contribution in [0.2, 0.25) is 0 Å². The maximum Gasteiger partial charge on any atom is 0.332 e. The van der Waals surface area contributed by atoms with Crippen molar-refractivity contribution in [2.24, 2.45) is 0 Å². The second-order valence-corrected chi connectivity index (χ2v) is 8.22. The van der Waals surface area contributed by atoms with Crippen LogP contribution in [0.5, 0.6) is 0 Å². The van der Waals surface area contributed by atoms with Gasteiger partial charge < -0.3 is 34.5 Å². The summed E-state index contributed by atoms with van der Waals surface area (Å²) in [7, 11) is 0. The van der Waals surface area contributed by atoms with E-state index in [9.17, 15) is 19.8 Å². The summed E-state index contributed by atoms with van der Waals surface area (Å²) in [6.45, 7) is 6.25. The molecule has 0 bridgehead atoms.